The van der Waals surface area contributed by atoms with Crippen LogP contribution < -0.4 is 0 Å². The first-order valence-corrected chi connectivity index (χ1v) is 7.86. The van der Waals surface area contributed by atoms with Gasteiger partial charge in [0, 0.05) is 24.3 Å². The zero-order valence-corrected chi connectivity index (χ0v) is 12.9. The molecule has 2 aromatic heterocycles. The molecule has 3 rings (SSSR count). The Morgan fingerprint density at radius 2 is 1.91 bits per heavy atom. The van der Waals surface area contributed by atoms with Crippen LogP contribution in [-0.2, 0) is 12.8 Å². The Morgan fingerprint density at radius 3 is 2.74 bits per heavy atom. The highest BCUT2D eigenvalue weighted by Crippen LogP contribution is 2.11. The number of aromatic nitrogens is 4. The Kier molecular flexibility index (Phi) is 5.09. The van der Waals surface area contributed by atoms with Crippen LogP contribution >= 0.6 is 0 Å². The zero-order valence-electron chi connectivity index (χ0n) is 12.9. The minimum absolute atomic E-state index is 0.157. The van der Waals surface area contributed by atoms with Crippen molar-refractivity contribution in [3.63, 3.8) is 0 Å². The lowest BCUT2D eigenvalue weighted by molar-refractivity contribution is 0.621. The summed E-state index contributed by atoms with van der Waals surface area (Å²) < 4.78 is 14.9. The molecule has 0 bridgehead atoms. The van der Waals surface area contributed by atoms with Crippen LogP contribution in [-0.4, -0.2) is 19.5 Å². The molecule has 118 valence electrons. The number of unbranched alkanes of at least 4 members (excludes halogenated alkanes) is 2. The second-order valence-electron chi connectivity index (χ2n) is 5.51. The number of imidazole rings is 1. The van der Waals surface area contributed by atoms with Crippen molar-refractivity contribution in [2.45, 2.75) is 32.1 Å². The van der Waals surface area contributed by atoms with E-state index < -0.39 is 0 Å². The van der Waals surface area contributed by atoms with Crippen LogP contribution in [0.3, 0.4) is 0 Å². The fourth-order valence-electron chi connectivity index (χ4n) is 2.53. The second-order valence-corrected chi connectivity index (χ2v) is 5.51. The van der Waals surface area contributed by atoms with E-state index in [4.69, 9.17) is 0 Å². The van der Waals surface area contributed by atoms with E-state index in [0.29, 0.717) is 5.95 Å². The molecule has 0 aliphatic heterocycles. The molecule has 23 heavy (non-hydrogen) atoms. The highest BCUT2D eigenvalue weighted by atomic mass is 19.1. The predicted molar refractivity (Wildman–Crippen MR) is 86.8 cm³/mol. The molecule has 4 nitrogen and oxygen atoms in total. The normalized spacial score (nSPS) is 10.8. The summed E-state index contributed by atoms with van der Waals surface area (Å²) in [4.78, 5) is 12.8. The number of hydrogen-bond donors (Lipinski definition) is 0. The maximum Gasteiger partial charge on any atom is 0.235 e. The molecule has 0 fully saturated rings. The molecule has 0 N–H and O–H groups in total. The maximum absolute atomic E-state index is 13.1. The third-order valence-corrected chi connectivity index (χ3v) is 3.72. The summed E-state index contributed by atoms with van der Waals surface area (Å²) >= 11 is 0. The molecular formula is C18H19FN4. The van der Waals surface area contributed by atoms with E-state index in [-0.39, 0.29) is 5.82 Å². The molecule has 0 aliphatic rings. The smallest absolute Gasteiger partial charge is 0.235 e. The van der Waals surface area contributed by atoms with Gasteiger partial charge in [-0.1, -0.05) is 18.6 Å². The molecule has 0 unspecified atom stereocenters. The van der Waals surface area contributed by atoms with Crippen LogP contribution in [0.1, 0.15) is 30.5 Å². The van der Waals surface area contributed by atoms with Crippen molar-refractivity contribution in [3.8, 4) is 5.95 Å². The van der Waals surface area contributed by atoms with Crippen molar-refractivity contribution in [1.82, 2.24) is 19.5 Å². The van der Waals surface area contributed by atoms with Gasteiger partial charge in [0.15, 0.2) is 0 Å². The lowest BCUT2D eigenvalue weighted by Gasteiger charge is -2.05. The van der Waals surface area contributed by atoms with Gasteiger partial charge < -0.3 is 0 Å². The summed E-state index contributed by atoms with van der Waals surface area (Å²) in [5, 5.41) is 0. The van der Waals surface area contributed by atoms with Crippen molar-refractivity contribution < 1.29 is 4.39 Å². The zero-order chi connectivity index (χ0) is 15.9. The first-order valence-electron chi connectivity index (χ1n) is 7.86. The molecule has 2 heterocycles. The van der Waals surface area contributed by atoms with Crippen LogP contribution in [0.2, 0.25) is 0 Å². The quantitative estimate of drug-likeness (QED) is 0.624. The number of aryl methyl sites for hydroxylation is 2. The first-order chi connectivity index (χ1) is 11.3. The molecule has 0 saturated heterocycles. The monoisotopic (exact) mass is 310 g/mol. The fraction of sp³-hybridized carbons (Fsp3) is 0.278. The minimum Gasteiger partial charge on any atom is -0.274 e. The van der Waals surface area contributed by atoms with Gasteiger partial charge in [-0.05, 0) is 49.4 Å². The fourth-order valence-corrected chi connectivity index (χ4v) is 2.53. The molecular weight excluding hydrogens is 291 g/mol. The summed E-state index contributed by atoms with van der Waals surface area (Å²) in [6.45, 7) is 0. The van der Waals surface area contributed by atoms with E-state index in [1.54, 1.807) is 35.4 Å². The Hall–Kier alpha value is -2.56. The maximum atomic E-state index is 13.1. The number of rotatable bonds is 7. The van der Waals surface area contributed by atoms with Crippen LogP contribution in [0.4, 0.5) is 4.39 Å². The highest BCUT2D eigenvalue weighted by molar-refractivity contribution is 5.16. The third kappa shape index (κ3) is 4.45. The van der Waals surface area contributed by atoms with E-state index in [1.807, 2.05) is 18.3 Å². The van der Waals surface area contributed by atoms with Crippen molar-refractivity contribution in [1.29, 1.82) is 0 Å². The van der Waals surface area contributed by atoms with Crippen LogP contribution in [0.15, 0.2) is 55.2 Å². The molecule has 0 spiro atoms. The minimum atomic E-state index is -0.157. The molecule has 0 saturated carbocycles. The Labute approximate surface area is 135 Å². The average Bonchev–Trinajstić information content (AvgIpc) is 3.09. The molecule has 5 heteroatoms. The van der Waals surface area contributed by atoms with Gasteiger partial charge in [-0.15, -0.1) is 0 Å². The topological polar surface area (TPSA) is 43.6 Å². The summed E-state index contributed by atoms with van der Waals surface area (Å²) in [6.07, 6.45) is 12.1. The SMILES string of the molecule is Fc1cccc(CCCCCc2ccnc(-n3ccnc3)n2)c1. The number of halogens is 1. The molecule has 1 aromatic carbocycles. The van der Waals surface area contributed by atoms with Crippen molar-refractivity contribution in [2.24, 2.45) is 0 Å². The van der Waals surface area contributed by atoms with Gasteiger partial charge in [-0.3, -0.25) is 4.57 Å². The summed E-state index contributed by atoms with van der Waals surface area (Å²) in [6, 6.07) is 8.79. The van der Waals surface area contributed by atoms with Crippen molar-refractivity contribution in [3.05, 3.63) is 72.3 Å². The van der Waals surface area contributed by atoms with Gasteiger partial charge in [0.2, 0.25) is 5.95 Å². The molecule has 0 aliphatic carbocycles. The summed E-state index contributed by atoms with van der Waals surface area (Å²) in [5.74, 6) is 0.496. The predicted octanol–water partition coefficient (Wildman–Crippen LogP) is 3.76. The summed E-state index contributed by atoms with van der Waals surface area (Å²) in [7, 11) is 0. The number of benzene rings is 1. The van der Waals surface area contributed by atoms with Gasteiger partial charge in [0.25, 0.3) is 0 Å². The standard InChI is InChI=1S/C18H19FN4/c19-16-7-4-6-15(13-16)5-2-1-3-8-17-9-10-21-18(22-17)23-12-11-20-14-23/h4,6-7,9-14H,1-3,5,8H2. The number of hydrogen-bond acceptors (Lipinski definition) is 3. The van der Waals surface area contributed by atoms with E-state index in [9.17, 15) is 4.39 Å². The van der Waals surface area contributed by atoms with Gasteiger partial charge in [-0.2, -0.15) is 0 Å². The van der Waals surface area contributed by atoms with E-state index in [0.717, 1.165) is 43.4 Å². The van der Waals surface area contributed by atoms with Gasteiger partial charge >= 0.3 is 0 Å². The lowest BCUT2D eigenvalue weighted by atomic mass is 10.1. The molecule has 3 aromatic rings. The van der Waals surface area contributed by atoms with Crippen LogP contribution in [0.5, 0.6) is 0 Å². The molecule has 0 atom stereocenters. The Morgan fingerprint density at radius 1 is 1.00 bits per heavy atom. The van der Waals surface area contributed by atoms with Crippen LogP contribution in [0.25, 0.3) is 5.95 Å². The molecule has 0 radical (unpaired) electrons. The highest BCUT2D eigenvalue weighted by Gasteiger charge is 2.02. The Balaban J connectivity index is 1.45. The third-order valence-electron chi connectivity index (χ3n) is 3.72. The summed E-state index contributed by atoms with van der Waals surface area (Å²) in [5.41, 5.74) is 2.10. The van der Waals surface area contributed by atoms with E-state index in [2.05, 4.69) is 15.0 Å². The molecule has 0 amide bonds. The van der Waals surface area contributed by atoms with Gasteiger partial charge in [0.1, 0.15) is 12.1 Å². The Bertz CT molecular complexity index is 740. The van der Waals surface area contributed by atoms with E-state index in [1.165, 1.54) is 6.07 Å². The van der Waals surface area contributed by atoms with Gasteiger partial charge in [-0.25, -0.2) is 19.3 Å². The van der Waals surface area contributed by atoms with E-state index >= 15 is 0 Å². The van der Waals surface area contributed by atoms with Crippen LogP contribution in [0, 0.1) is 5.82 Å². The van der Waals surface area contributed by atoms with Crippen molar-refractivity contribution in [2.75, 3.05) is 0 Å². The number of nitrogens with zero attached hydrogens (tertiary/aromatic N) is 4. The van der Waals surface area contributed by atoms with Gasteiger partial charge in [0.05, 0.1) is 0 Å². The largest absolute Gasteiger partial charge is 0.274 e. The lowest BCUT2D eigenvalue weighted by Crippen LogP contribution is -2.01. The van der Waals surface area contributed by atoms with Crippen molar-refractivity contribution >= 4 is 0 Å². The average molecular weight is 310 g/mol. The first kappa shape index (κ1) is 15.3. The second kappa shape index (κ2) is 7.63.